The molecule has 1 N–H and O–H groups in total. The van der Waals surface area contributed by atoms with Crippen LogP contribution in [0.15, 0.2) is 53.3 Å². The lowest BCUT2D eigenvalue weighted by molar-refractivity contribution is 0.134. The Morgan fingerprint density at radius 2 is 1.75 bits per heavy atom. The zero-order valence-electron chi connectivity index (χ0n) is 20.3. The predicted molar refractivity (Wildman–Crippen MR) is 134 cm³/mol. The molecule has 1 fully saturated rings. The fourth-order valence-electron chi connectivity index (χ4n) is 5.40. The third-order valence-electron chi connectivity index (χ3n) is 7.08. The summed E-state index contributed by atoms with van der Waals surface area (Å²) in [4.78, 5) is 13.5. The van der Waals surface area contributed by atoms with Gasteiger partial charge in [-0.1, -0.05) is 81.1 Å². The van der Waals surface area contributed by atoms with Crippen LogP contribution in [0.3, 0.4) is 0 Å². The van der Waals surface area contributed by atoms with Gasteiger partial charge in [-0.25, -0.2) is 18.7 Å². The van der Waals surface area contributed by atoms with Gasteiger partial charge in [0.2, 0.25) is 0 Å². The SMILES string of the molecule is CCCc1c(C(F)F)n(C2CCCCC2)c(=O)n1Cc1ccc(-c2ccccc2-c2nnn[nH]2)cc1. The van der Waals surface area contributed by atoms with Crippen LogP contribution in [0.1, 0.15) is 74.9 Å². The first-order valence-electron chi connectivity index (χ1n) is 12.6. The second kappa shape index (κ2) is 10.6. The fraction of sp³-hybridized carbons (Fsp3) is 0.407. The molecule has 2 heterocycles. The molecule has 1 saturated carbocycles. The van der Waals surface area contributed by atoms with E-state index in [2.05, 4.69) is 20.6 Å². The molecule has 1 aliphatic carbocycles. The maximum absolute atomic E-state index is 14.3. The second-order valence-electron chi connectivity index (χ2n) is 9.41. The number of nitrogens with one attached hydrogen (secondary N) is 1. The van der Waals surface area contributed by atoms with Crippen molar-refractivity contribution < 1.29 is 8.78 Å². The molecule has 0 saturated heterocycles. The molecule has 4 aromatic rings. The van der Waals surface area contributed by atoms with E-state index in [1.54, 1.807) is 4.57 Å². The largest absolute Gasteiger partial charge is 0.329 e. The van der Waals surface area contributed by atoms with Crippen molar-refractivity contribution in [1.29, 1.82) is 0 Å². The molecule has 0 bridgehead atoms. The van der Waals surface area contributed by atoms with E-state index < -0.39 is 6.43 Å². The molecule has 0 unspecified atom stereocenters. The molecule has 1 aliphatic rings. The third kappa shape index (κ3) is 4.62. The quantitative estimate of drug-likeness (QED) is 0.330. The van der Waals surface area contributed by atoms with E-state index in [0.717, 1.165) is 54.4 Å². The number of nitrogens with zero attached hydrogens (tertiary/aromatic N) is 5. The lowest BCUT2D eigenvalue weighted by Crippen LogP contribution is -2.30. The average molecular weight is 493 g/mol. The van der Waals surface area contributed by atoms with Crippen molar-refractivity contribution in [3.05, 3.63) is 76.0 Å². The Labute approximate surface area is 208 Å². The van der Waals surface area contributed by atoms with Crippen molar-refractivity contribution in [3.63, 3.8) is 0 Å². The highest BCUT2D eigenvalue weighted by Gasteiger charge is 2.30. The predicted octanol–water partition coefficient (Wildman–Crippen LogP) is 5.94. The summed E-state index contributed by atoms with van der Waals surface area (Å²) in [6.45, 7) is 2.22. The molecule has 188 valence electrons. The Hall–Kier alpha value is -3.62. The van der Waals surface area contributed by atoms with Crippen LogP contribution in [0, 0.1) is 0 Å². The van der Waals surface area contributed by atoms with Crippen molar-refractivity contribution in [2.75, 3.05) is 0 Å². The first-order chi connectivity index (χ1) is 17.6. The van der Waals surface area contributed by atoms with E-state index in [1.807, 2.05) is 55.5 Å². The zero-order chi connectivity index (χ0) is 25.1. The highest BCUT2D eigenvalue weighted by atomic mass is 19.3. The number of rotatable bonds is 8. The summed E-state index contributed by atoms with van der Waals surface area (Å²) in [5.74, 6) is 0.578. The van der Waals surface area contributed by atoms with Gasteiger partial charge in [-0.05, 0) is 46.4 Å². The Morgan fingerprint density at radius 3 is 2.39 bits per heavy atom. The third-order valence-corrected chi connectivity index (χ3v) is 7.08. The molecule has 0 spiro atoms. The topological polar surface area (TPSA) is 81.4 Å². The van der Waals surface area contributed by atoms with Gasteiger partial charge in [0.1, 0.15) is 5.69 Å². The van der Waals surface area contributed by atoms with Gasteiger partial charge in [-0.15, -0.1) is 5.10 Å². The minimum absolute atomic E-state index is 0.0834. The minimum Gasteiger partial charge on any atom is -0.291 e. The monoisotopic (exact) mass is 492 g/mol. The number of imidazole rings is 1. The summed E-state index contributed by atoms with van der Waals surface area (Å²) in [7, 11) is 0. The number of alkyl halides is 2. The summed E-state index contributed by atoms with van der Waals surface area (Å²) in [5, 5.41) is 14.2. The van der Waals surface area contributed by atoms with Gasteiger partial charge in [0.25, 0.3) is 6.43 Å². The van der Waals surface area contributed by atoms with Gasteiger partial charge in [0.15, 0.2) is 5.82 Å². The zero-order valence-corrected chi connectivity index (χ0v) is 20.3. The fourth-order valence-corrected chi connectivity index (χ4v) is 5.40. The maximum atomic E-state index is 14.3. The molecule has 2 aromatic heterocycles. The first-order valence-corrected chi connectivity index (χ1v) is 12.6. The molecule has 0 radical (unpaired) electrons. The van der Waals surface area contributed by atoms with Gasteiger partial charge in [-0.2, -0.15) is 0 Å². The van der Waals surface area contributed by atoms with Gasteiger partial charge >= 0.3 is 5.69 Å². The number of hydrogen-bond donors (Lipinski definition) is 1. The highest BCUT2D eigenvalue weighted by molar-refractivity contribution is 5.80. The number of H-pyrrole nitrogens is 1. The normalized spacial score (nSPS) is 14.6. The van der Waals surface area contributed by atoms with Crippen LogP contribution in [0.4, 0.5) is 8.78 Å². The number of tetrazole rings is 1. The molecular formula is C27H30F2N6O. The number of aromatic nitrogens is 6. The maximum Gasteiger partial charge on any atom is 0.329 e. The van der Waals surface area contributed by atoms with E-state index in [1.165, 1.54) is 4.57 Å². The molecule has 7 nitrogen and oxygen atoms in total. The number of hydrogen-bond acceptors (Lipinski definition) is 4. The van der Waals surface area contributed by atoms with Crippen molar-refractivity contribution >= 4 is 0 Å². The summed E-state index contributed by atoms with van der Waals surface area (Å²) in [5.41, 5.74) is 3.78. The highest BCUT2D eigenvalue weighted by Crippen LogP contribution is 2.34. The van der Waals surface area contributed by atoms with Gasteiger partial charge < -0.3 is 0 Å². The summed E-state index contributed by atoms with van der Waals surface area (Å²) in [6.07, 6.45) is 3.08. The number of benzene rings is 2. The number of aromatic amines is 1. The average Bonchev–Trinajstić information content (AvgIpc) is 3.53. The molecule has 5 rings (SSSR count). The standard InChI is InChI=1S/C27H30F2N6O/c1-2-8-23-24(25(28)29)35(20-9-4-3-5-10-20)27(36)34(23)17-18-13-15-19(16-14-18)21-11-6-7-12-22(21)26-30-32-33-31-26/h6-7,11-16,20,25H,2-5,8-10,17H2,1H3,(H,30,31,32,33). The van der Waals surface area contributed by atoms with Crippen LogP contribution in [-0.4, -0.2) is 29.8 Å². The molecule has 36 heavy (non-hydrogen) atoms. The van der Waals surface area contributed by atoms with Crippen molar-refractivity contribution in [2.45, 2.75) is 70.9 Å². The molecule has 9 heteroatoms. The van der Waals surface area contributed by atoms with Crippen LogP contribution in [0.5, 0.6) is 0 Å². The van der Waals surface area contributed by atoms with Crippen molar-refractivity contribution in [3.8, 4) is 22.5 Å². The van der Waals surface area contributed by atoms with Crippen LogP contribution in [0.25, 0.3) is 22.5 Å². The Morgan fingerprint density at radius 1 is 1.03 bits per heavy atom. The van der Waals surface area contributed by atoms with Crippen molar-refractivity contribution in [1.82, 2.24) is 29.8 Å². The van der Waals surface area contributed by atoms with E-state index in [0.29, 0.717) is 24.4 Å². The molecule has 2 aromatic carbocycles. The van der Waals surface area contributed by atoms with Crippen molar-refractivity contribution in [2.24, 2.45) is 0 Å². The van der Waals surface area contributed by atoms with Crippen LogP contribution < -0.4 is 5.69 Å². The second-order valence-corrected chi connectivity index (χ2v) is 9.41. The van der Waals surface area contributed by atoms with Crippen LogP contribution >= 0.6 is 0 Å². The summed E-state index contributed by atoms with van der Waals surface area (Å²) < 4.78 is 31.6. The van der Waals surface area contributed by atoms with Gasteiger partial charge in [0.05, 0.1) is 6.54 Å². The lowest BCUT2D eigenvalue weighted by atomic mass is 9.95. The Bertz CT molecular complexity index is 1350. The molecular weight excluding hydrogens is 462 g/mol. The van der Waals surface area contributed by atoms with E-state index >= 15 is 0 Å². The first kappa shape index (κ1) is 24.1. The summed E-state index contributed by atoms with van der Waals surface area (Å²) >= 11 is 0. The number of halogens is 2. The van der Waals surface area contributed by atoms with Crippen LogP contribution in [0.2, 0.25) is 0 Å². The molecule has 0 amide bonds. The van der Waals surface area contributed by atoms with Crippen LogP contribution in [-0.2, 0) is 13.0 Å². The van der Waals surface area contributed by atoms with Gasteiger partial charge in [0, 0.05) is 17.3 Å². The molecule has 0 atom stereocenters. The van der Waals surface area contributed by atoms with E-state index in [-0.39, 0.29) is 24.0 Å². The smallest absolute Gasteiger partial charge is 0.291 e. The molecule has 0 aliphatic heterocycles. The Kier molecular flexibility index (Phi) is 7.06. The van der Waals surface area contributed by atoms with E-state index in [4.69, 9.17) is 0 Å². The van der Waals surface area contributed by atoms with E-state index in [9.17, 15) is 13.6 Å². The minimum atomic E-state index is -2.67. The van der Waals surface area contributed by atoms with Gasteiger partial charge in [-0.3, -0.25) is 9.13 Å². The Balaban J connectivity index is 1.50. The summed E-state index contributed by atoms with van der Waals surface area (Å²) in [6, 6.07) is 15.5. The lowest BCUT2D eigenvalue weighted by Gasteiger charge is -2.24.